The zero-order valence-corrected chi connectivity index (χ0v) is 19.2. The lowest BCUT2D eigenvalue weighted by Gasteiger charge is -2.27. The summed E-state index contributed by atoms with van der Waals surface area (Å²) in [6, 6.07) is 48.7. The van der Waals surface area contributed by atoms with E-state index in [0.717, 1.165) is 17.0 Å². The Bertz CT molecular complexity index is 1260. The maximum atomic E-state index is 5.52. The van der Waals surface area contributed by atoms with Crippen LogP contribution in [-0.4, -0.2) is 4.98 Å². The van der Waals surface area contributed by atoms with E-state index in [9.17, 15) is 0 Å². The monoisotopic (exact) mass is 444 g/mol. The second-order valence-corrected chi connectivity index (χ2v) is 10.9. The predicted molar refractivity (Wildman–Crippen MR) is 141 cm³/mol. The van der Waals surface area contributed by atoms with Crippen LogP contribution in [0.4, 0.5) is 0 Å². The van der Waals surface area contributed by atoms with Gasteiger partial charge in [-0.1, -0.05) is 127 Å². The highest BCUT2D eigenvalue weighted by Gasteiger charge is 2.26. The molecule has 33 heavy (non-hydrogen) atoms. The number of nitrogens with zero attached hydrogens (tertiary/aromatic N) is 2. The van der Waals surface area contributed by atoms with Crippen molar-refractivity contribution in [2.45, 2.75) is 6.54 Å². The molecule has 160 valence electrons. The van der Waals surface area contributed by atoms with Crippen molar-refractivity contribution in [1.29, 1.82) is 0 Å². The Morgan fingerprint density at radius 2 is 0.939 bits per heavy atom. The first kappa shape index (κ1) is 21.1. The molecule has 0 amide bonds. The third-order valence-corrected chi connectivity index (χ3v) is 9.41. The molecule has 0 spiro atoms. The molecule has 0 saturated heterocycles. The Labute approximate surface area is 195 Å². The van der Waals surface area contributed by atoms with E-state index in [1.54, 1.807) is 0 Å². The van der Waals surface area contributed by atoms with Crippen LogP contribution >= 0.6 is 7.05 Å². The summed E-state index contributed by atoms with van der Waals surface area (Å²) >= 11 is 0. The molecule has 2 nitrogen and oxygen atoms in total. The standard InChI is InChI=1S/C30H25N2P/c1-5-14-25(15-6-1)30-23-13-16-26(32-30)24-31-33(27-17-7-2-8-18-27,28-19-9-3-10-20-28)29-21-11-4-12-22-29/h1-23H,24H2. The first-order chi connectivity index (χ1) is 16.4. The quantitative estimate of drug-likeness (QED) is 0.277. The van der Waals surface area contributed by atoms with E-state index < -0.39 is 7.05 Å². The Balaban J connectivity index is 1.69. The molecule has 0 aliphatic carbocycles. The minimum Gasteiger partial charge on any atom is -0.283 e. The normalized spacial score (nSPS) is 11.2. The van der Waals surface area contributed by atoms with Gasteiger partial charge in [-0.2, -0.15) is 0 Å². The highest BCUT2D eigenvalue weighted by Crippen LogP contribution is 2.46. The van der Waals surface area contributed by atoms with E-state index in [2.05, 4.69) is 121 Å². The van der Waals surface area contributed by atoms with Gasteiger partial charge in [-0.25, -0.2) is 0 Å². The van der Waals surface area contributed by atoms with E-state index in [-0.39, 0.29) is 0 Å². The van der Waals surface area contributed by atoms with Crippen molar-refractivity contribution in [2.24, 2.45) is 4.74 Å². The van der Waals surface area contributed by atoms with Crippen molar-refractivity contribution in [3.63, 3.8) is 0 Å². The molecule has 0 radical (unpaired) electrons. The fourth-order valence-electron chi connectivity index (χ4n) is 4.14. The number of aromatic nitrogens is 1. The van der Waals surface area contributed by atoms with Gasteiger partial charge in [-0.3, -0.25) is 9.73 Å². The van der Waals surface area contributed by atoms with Gasteiger partial charge in [0.2, 0.25) is 0 Å². The van der Waals surface area contributed by atoms with Gasteiger partial charge < -0.3 is 0 Å². The van der Waals surface area contributed by atoms with Crippen molar-refractivity contribution >= 4 is 23.0 Å². The van der Waals surface area contributed by atoms with Gasteiger partial charge in [0.05, 0.1) is 25.0 Å². The number of pyridine rings is 1. The highest BCUT2D eigenvalue weighted by molar-refractivity contribution is 7.87. The van der Waals surface area contributed by atoms with E-state index in [1.807, 2.05) is 18.2 Å². The molecule has 3 heteroatoms. The Morgan fingerprint density at radius 1 is 0.485 bits per heavy atom. The lowest BCUT2D eigenvalue weighted by molar-refractivity contribution is 1.01. The average Bonchev–Trinajstić information content (AvgIpc) is 2.92. The maximum absolute atomic E-state index is 5.52. The molecule has 0 N–H and O–H groups in total. The van der Waals surface area contributed by atoms with Crippen LogP contribution in [0, 0.1) is 0 Å². The van der Waals surface area contributed by atoms with E-state index in [4.69, 9.17) is 9.73 Å². The molecule has 4 aromatic carbocycles. The Morgan fingerprint density at radius 3 is 1.42 bits per heavy atom. The van der Waals surface area contributed by atoms with Crippen LogP contribution in [0.1, 0.15) is 5.69 Å². The van der Waals surface area contributed by atoms with Crippen molar-refractivity contribution in [3.05, 3.63) is 145 Å². The summed E-state index contributed by atoms with van der Waals surface area (Å²) < 4.78 is 5.52. The molecular weight excluding hydrogens is 419 g/mol. The third-order valence-electron chi connectivity index (χ3n) is 5.71. The number of hydrogen-bond acceptors (Lipinski definition) is 2. The minimum absolute atomic E-state index is 0.549. The van der Waals surface area contributed by atoms with Gasteiger partial charge in [0, 0.05) is 21.5 Å². The molecule has 0 fully saturated rings. The first-order valence-corrected chi connectivity index (χ1v) is 12.9. The molecule has 5 rings (SSSR count). The van der Waals surface area contributed by atoms with Crippen molar-refractivity contribution in [1.82, 2.24) is 4.98 Å². The van der Waals surface area contributed by atoms with Crippen LogP contribution < -0.4 is 15.9 Å². The van der Waals surface area contributed by atoms with Crippen LogP contribution in [0.3, 0.4) is 0 Å². The maximum Gasteiger partial charge on any atom is 0.0808 e. The molecule has 0 aliphatic rings. The van der Waals surface area contributed by atoms with Crippen LogP contribution in [-0.2, 0) is 6.54 Å². The summed E-state index contributed by atoms with van der Waals surface area (Å²) in [7, 11) is -2.22. The summed E-state index contributed by atoms with van der Waals surface area (Å²) in [5.41, 5.74) is 3.07. The third kappa shape index (κ3) is 4.44. The molecule has 0 bridgehead atoms. The van der Waals surface area contributed by atoms with Crippen LogP contribution in [0.25, 0.3) is 11.3 Å². The molecule has 0 unspecified atom stereocenters. The fraction of sp³-hybridized carbons (Fsp3) is 0.0333. The van der Waals surface area contributed by atoms with E-state index >= 15 is 0 Å². The van der Waals surface area contributed by atoms with E-state index in [0.29, 0.717) is 6.54 Å². The zero-order chi connectivity index (χ0) is 22.3. The number of benzene rings is 4. The Hall–Kier alpha value is -3.74. The lowest BCUT2D eigenvalue weighted by Crippen LogP contribution is -2.25. The fourth-order valence-corrected chi connectivity index (χ4v) is 7.69. The summed E-state index contributed by atoms with van der Waals surface area (Å²) in [6.07, 6.45) is 0. The highest BCUT2D eigenvalue weighted by atomic mass is 31.2. The second-order valence-electron chi connectivity index (χ2n) is 7.82. The molecule has 0 saturated carbocycles. The van der Waals surface area contributed by atoms with Gasteiger partial charge in [-0.15, -0.1) is 0 Å². The molecular formula is C30H25N2P. The van der Waals surface area contributed by atoms with Gasteiger partial charge in [-0.05, 0) is 12.1 Å². The lowest BCUT2D eigenvalue weighted by atomic mass is 10.1. The number of hydrogen-bond donors (Lipinski definition) is 0. The van der Waals surface area contributed by atoms with Gasteiger partial charge >= 0.3 is 0 Å². The van der Waals surface area contributed by atoms with Gasteiger partial charge in [0.1, 0.15) is 0 Å². The largest absolute Gasteiger partial charge is 0.283 e. The molecule has 0 atom stereocenters. The van der Waals surface area contributed by atoms with Gasteiger partial charge in [0.15, 0.2) is 0 Å². The zero-order valence-electron chi connectivity index (χ0n) is 18.3. The van der Waals surface area contributed by atoms with Crippen molar-refractivity contribution < 1.29 is 0 Å². The average molecular weight is 445 g/mol. The van der Waals surface area contributed by atoms with Crippen LogP contribution in [0.15, 0.2) is 144 Å². The first-order valence-electron chi connectivity index (χ1n) is 11.1. The van der Waals surface area contributed by atoms with Crippen LogP contribution in [0.5, 0.6) is 0 Å². The summed E-state index contributed by atoms with van der Waals surface area (Å²) in [6.45, 7) is 0.549. The predicted octanol–water partition coefficient (Wildman–Crippen LogP) is 6.43. The molecule has 1 heterocycles. The molecule has 0 aliphatic heterocycles. The molecule has 5 aromatic rings. The minimum atomic E-state index is -2.22. The Kier molecular flexibility index (Phi) is 6.28. The van der Waals surface area contributed by atoms with E-state index in [1.165, 1.54) is 15.9 Å². The topological polar surface area (TPSA) is 25.2 Å². The SMILES string of the molecule is c1ccc(-c2cccc(CN=P(c3ccccc3)(c3ccccc3)c3ccccc3)n2)cc1. The van der Waals surface area contributed by atoms with Gasteiger partial charge in [0.25, 0.3) is 0 Å². The second kappa shape index (κ2) is 9.81. The number of rotatable bonds is 6. The smallest absolute Gasteiger partial charge is 0.0808 e. The van der Waals surface area contributed by atoms with Crippen molar-refractivity contribution in [3.8, 4) is 11.3 Å². The summed E-state index contributed by atoms with van der Waals surface area (Å²) in [5, 5.41) is 3.75. The summed E-state index contributed by atoms with van der Waals surface area (Å²) in [5.74, 6) is 0. The molecule has 1 aromatic heterocycles. The van der Waals surface area contributed by atoms with Crippen LogP contribution in [0.2, 0.25) is 0 Å². The summed E-state index contributed by atoms with van der Waals surface area (Å²) in [4.78, 5) is 4.95. The van der Waals surface area contributed by atoms with Crippen molar-refractivity contribution in [2.75, 3.05) is 0 Å².